The number of aromatic hydroxyl groups is 1. The number of nitrogens with one attached hydrogen (secondary N) is 1. The van der Waals surface area contributed by atoms with Crippen molar-refractivity contribution in [2.24, 2.45) is 7.05 Å². The van der Waals surface area contributed by atoms with Gasteiger partial charge in [-0.3, -0.25) is 4.68 Å². The van der Waals surface area contributed by atoms with E-state index in [1.165, 1.54) is 4.68 Å². The molecule has 2 aliphatic rings. The third-order valence-corrected chi connectivity index (χ3v) is 6.70. The van der Waals surface area contributed by atoms with Crippen molar-refractivity contribution in [3.8, 4) is 17.0 Å². The van der Waals surface area contributed by atoms with Crippen LogP contribution in [0.15, 0.2) is 36.5 Å². The molecule has 170 valence electrons. The molecule has 2 fully saturated rings. The SMILES string of the molecule is Cn1cc2cc(-c3ccc4nc(N5CCC(N[C@H]6C[C@H](F)C6)C5)ccc4n3)c(O)c(F)c2n1. The molecule has 0 spiro atoms. The number of phenolic OH excluding ortho intramolecular Hbond substituents is 1. The van der Waals surface area contributed by atoms with E-state index in [1.54, 1.807) is 25.4 Å². The lowest BCUT2D eigenvalue weighted by atomic mass is 9.90. The van der Waals surface area contributed by atoms with E-state index in [2.05, 4.69) is 20.3 Å². The van der Waals surface area contributed by atoms with Crippen molar-refractivity contribution in [1.29, 1.82) is 0 Å². The Hall–Kier alpha value is -3.33. The summed E-state index contributed by atoms with van der Waals surface area (Å²) in [5, 5.41) is 18.6. The van der Waals surface area contributed by atoms with Gasteiger partial charge in [-0.25, -0.2) is 18.7 Å². The maximum Gasteiger partial charge on any atom is 0.193 e. The molecule has 1 unspecified atom stereocenters. The van der Waals surface area contributed by atoms with Crippen LogP contribution in [0.4, 0.5) is 14.6 Å². The van der Waals surface area contributed by atoms with Crippen LogP contribution in [0.3, 0.4) is 0 Å². The molecule has 7 nitrogen and oxygen atoms in total. The predicted molar refractivity (Wildman–Crippen MR) is 123 cm³/mol. The number of aromatic nitrogens is 4. The second-order valence-corrected chi connectivity index (χ2v) is 9.10. The first kappa shape index (κ1) is 20.3. The summed E-state index contributed by atoms with van der Waals surface area (Å²) in [5.74, 6) is -0.331. The Morgan fingerprint density at radius 2 is 1.88 bits per heavy atom. The second-order valence-electron chi connectivity index (χ2n) is 9.10. The summed E-state index contributed by atoms with van der Waals surface area (Å²) in [6.07, 6.45) is 3.29. The van der Waals surface area contributed by atoms with Crippen molar-refractivity contribution in [2.75, 3.05) is 18.0 Å². The van der Waals surface area contributed by atoms with Crippen molar-refractivity contribution in [1.82, 2.24) is 25.1 Å². The van der Waals surface area contributed by atoms with Crippen LogP contribution >= 0.6 is 0 Å². The minimum atomic E-state index is -0.750. The standard InChI is InChI=1S/C24H24F2N6O/c1-31-11-13-8-17(24(33)22(26)23(13)30-31)18-2-3-20-19(28-18)4-5-21(29-20)32-7-6-15(12-32)27-16-9-14(25)10-16/h2-5,8,11,14-16,27,33H,6-7,9-10,12H2,1H3/t14-,15?,16-. The largest absolute Gasteiger partial charge is 0.504 e. The number of alkyl halides is 1. The lowest BCUT2D eigenvalue weighted by molar-refractivity contribution is 0.148. The van der Waals surface area contributed by atoms with E-state index in [1.807, 2.05) is 18.2 Å². The Bertz CT molecular complexity index is 1370. The number of halogens is 2. The first-order valence-electron chi connectivity index (χ1n) is 11.2. The van der Waals surface area contributed by atoms with E-state index >= 15 is 0 Å². The molecule has 6 rings (SSSR count). The summed E-state index contributed by atoms with van der Waals surface area (Å²) >= 11 is 0. The van der Waals surface area contributed by atoms with Gasteiger partial charge in [0.05, 0.1) is 16.7 Å². The number of anilines is 1. The topological polar surface area (TPSA) is 79.1 Å². The molecule has 0 radical (unpaired) electrons. The Kier molecular flexibility index (Phi) is 4.69. The average molecular weight is 450 g/mol. The highest BCUT2D eigenvalue weighted by atomic mass is 19.1. The van der Waals surface area contributed by atoms with Gasteiger partial charge in [-0.05, 0) is 49.6 Å². The number of benzene rings is 1. The molecule has 1 aliphatic carbocycles. The van der Waals surface area contributed by atoms with Crippen molar-refractivity contribution in [2.45, 2.75) is 37.5 Å². The Labute approximate surface area is 189 Å². The smallest absolute Gasteiger partial charge is 0.193 e. The molecule has 4 heterocycles. The quantitative estimate of drug-likeness (QED) is 0.494. The van der Waals surface area contributed by atoms with Gasteiger partial charge in [-0.2, -0.15) is 5.10 Å². The predicted octanol–water partition coefficient (Wildman–Crippen LogP) is 3.70. The summed E-state index contributed by atoms with van der Waals surface area (Å²) in [6.45, 7) is 1.74. The zero-order valence-corrected chi connectivity index (χ0v) is 18.2. The van der Waals surface area contributed by atoms with Crippen LogP contribution in [0.2, 0.25) is 0 Å². The third-order valence-electron chi connectivity index (χ3n) is 6.70. The number of phenols is 1. The van der Waals surface area contributed by atoms with E-state index < -0.39 is 17.7 Å². The fourth-order valence-corrected chi connectivity index (χ4v) is 4.88. The second kappa shape index (κ2) is 7.62. The van der Waals surface area contributed by atoms with Gasteiger partial charge in [-0.15, -0.1) is 0 Å². The average Bonchev–Trinajstić information content (AvgIpc) is 3.41. The summed E-state index contributed by atoms with van der Waals surface area (Å²) < 4.78 is 29.2. The number of hydrogen-bond acceptors (Lipinski definition) is 6. The fourth-order valence-electron chi connectivity index (χ4n) is 4.88. The van der Waals surface area contributed by atoms with Gasteiger partial charge in [0.25, 0.3) is 0 Å². The monoisotopic (exact) mass is 450 g/mol. The maximum absolute atomic E-state index is 14.7. The highest BCUT2D eigenvalue weighted by Gasteiger charge is 2.33. The van der Waals surface area contributed by atoms with Crippen LogP contribution in [0.25, 0.3) is 33.2 Å². The van der Waals surface area contributed by atoms with Crippen LogP contribution in [0.1, 0.15) is 19.3 Å². The van der Waals surface area contributed by atoms with Crippen molar-refractivity contribution >= 4 is 27.8 Å². The number of fused-ring (bicyclic) bond motifs is 2. The third kappa shape index (κ3) is 3.56. The first-order valence-corrected chi connectivity index (χ1v) is 11.2. The molecular formula is C24H24F2N6O. The van der Waals surface area contributed by atoms with Crippen LogP contribution in [-0.4, -0.2) is 56.2 Å². The van der Waals surface area contributed by atoms with E-state index in [9.17, 15) is 13.9 Å². The molecule has 4 aromatic rings. The fraction of sp³-hybridized carbons (Fsp3) is 0.375. The van der Waals surface area contributed by atoms with Gasteiger partial charge >= 0.3 is 0 Å². The zero-order chi connectivity index (χ0) is 22.7. The molecule has 1 atom stereocenters. The van der Waals surface area contributed by atoms with Crippen molar-refractivity contribution in [3.63, 3.8) is 0 Å². The van der Waals surface area contributed by atoms with Gasteiger partial charge in [0.1, 0.15) is 17.5 Å². The van der Waals surface area contributed by atoms with Crippen molar-refractivity contribution < 1.29 is 13.9 Å². The summed E-state index contributed by atoms with van der Waals surface area (Å²) in [6, 6.07) is 9.76. The van der Waals surface area contributed by atoms with Crippen LogP contribution < -0.4 is 10.2 Å². The lowest BCUT2D eigenvalue weighted by Gasteiger charge is -2.33. The molecule has 9 heteroatoms. The van der Waals surface area contributed by atoms with E-state index in [0.29, 0.717) is 47.1 Å². The molecule has 0 bridgehead atoms. The molecule has 0 amide bonds. The molecular weight excluding hydrogens is 426 g/mol. The summed E-state index contributed by atoms with van der Waals surface area (Å²) in [7, 11) is 1.71. The number of hydrogen-bond donors (Lipinski definition) is 2. The van der Waals surface area contributed by atoms with E-state index in [4.69, 9.17) is 4.98 Å². The Morgan fingerprint density at radius 3 is 2.70 bits per heavy atom. The van der Waals surface area contributed by atoms with E-state index in [-0.39, 0.29) is 5.52 Å². The number of aryl methyl sites for hydroxylation is 1. The normalized spacial score (nSPS) is 22.9. The summed E-state index contributed by atoms with van der Waals surface area (Å²) in [4.78, 5) is 11.6. The van der Waals surface area contributed by atoms with Gasteiger partial charge in [0.2, 0.25) is 0 Å². The minimum Gasteiger partial charge on any atom is -0.504 e. The Balaban J connectivity index is 1.26. The number of rotatable bonds is 4. The summed E-state index contributed by atoms with van der Waals surface area (Å²) in [5.41, 5.74) is 2.32. The van der Waals surface area contributed by atoms with Crippen LogP contribution in [0.5, 0.6) is 5.75 Å². The first-order chi connectivity index (χ1) is 15.9. The van der Waals surface area contributed by atoms with Gasteiger partial charge in [-0.1, -0.05) is 0 Å². The molecule has 1 aliphatic heterocycles. The molecule has 1 saturated heterocycles. The zero-order valence-electron chi connectivity index (χ0n) is 18.2. The maximum atomic E-state index is 14.7. The van der Waals surface area contributed by atoms with Crippen LogP contribution in [0, 0.1) is 5.82 Å². The van der Waals surface area contributed by atoms with E-state index in [0.717, 1.165) is 30.8 Å². The molecule has 1 aromatic carbocycles. The van der Waals surface area contributed by atoms with Gasteiger partial charge in [0, 0.05) is 49.4 Å². The van der Waals surface area contributed by atoms with Gasteiger partial charge in [0.15, 0.2) is 11.6 Å². The highest BCUT2D eigenvalue weighted by Crippen LogP contribution is 2.36. The van der Waals surface area contributed by atoms with Gasteiger partial charge < -0.3 is 15.3 Å². The molecule has 3 aromatic heterocycles. The lowest BCUT2D eigenvalue weighted by Crippen LogP contribution is -2.48. The highest BCUT2D eigenvalue weighted by molar-refractivity contribution is 5.89. The minimum absolute atomic E-state index is 0.131. The van der Waals surface area contributed by atoms with Crippen molar-refractivity contribution in [3.05, 3.63) is 42.3 Å². The number of nitrogens with zero attached hydrogens (tertiary/aromatic N) is 5. The Morgan fingerprint density at radius 1 is 1.09 bits per heavy atom. The molecule has 33 heavy (non-hydrogen) atoms. The molecule has 1 saturated carbocycles. The van der Waals surface area contributed by atoms with Crippen LogP contribution in [-0.2, 0) is 7.05 Å². The molecule has 2 N–H and O–H groups in total. The number of pyridine rings is 2.